The molecule has 0 amide bonds. The Kier molecular flexibility index (Phi) is 6.48. The SMILES string of the molecule is Oc1cc(O)c2c(c1)O[C@H](c1cc(O)c(O)c(O)c1)[C@@H](O)[C@H]2c1c(O)cc(O)c2c1O[C@H](c1cc(O)c(O)c(O)c1)[C@H](O)C2. The summed E-state index contributed by atoms with van der Waals surface area (Å²) in [5.41, 5.74) is -0.410. The van der Waals surface area contributed by atoms with Crippen LogP contribution in [0.25, 0.3) is 0 Å². The molecule has 0 aliphatic carbocycles. The smallest absolute Gasteiger partial charge is 0.200 e. The van der Waals surface area contributed by atoms with Gasteiger partial charge in [-0.2, -0.15) is 0 Å². The lowest BCUT2D eigenvalue weighted by Gasteiger charge is -2.40. The minimum Gasteiger partial charge on any atom is -0.508 e. The molecular weight excluding hydrogens is 584 g/mol. The van der Waals surface area contributed by atoms with Gasteiger partial charge in [-0.15, -0.1) is 0 Å². The Bertz CT molecular complexity index is 1770. The van der Waals surface area contributed by atoms with E-state index in [1.807, 2.05) is 0 Å². The zero-order valence-electron chi connectivity index (χ0n) is 22.3. The molecule has 0 unspecified atom stereocenters. The summed E-state index contributed by atoms with van der Waals surface area (Å²) in [5.74, 6) is -8.60. The minimum atomic E-state index is -1.75. The highest BCUT2D eigenvalue weighted by Gasteiger charge is 2.46. The van der Waals surface area contributed by atoms with Gasteiger partial charge in [0.15, 0.2) is 46.7 Å². The monoisotopic (exact) mass is 610 g/mol. The average Bonchev–Trinajstić information content (AvgIpc) is 2.95. The van der Waals surface area contributed by atoms with Crippen LogP contribution in [-0.2, 0) is 6.42 Å². The van der Waals surface area contributed by atoms with E-state index in [4.69, 9.17) is 9.47 Å². The second-order valence-electron chi connectivity index (χ2n) is 10.6. The van der Waals surface area contributed by atoms with Crippen LogP contribution < -0.4 is 9.47 Å². The fourth-order valence-corrected chi connectivity index (χ4v) is 5.85. The van der Waals surface area contributed by atoms with E-state index in [1.165, 1.54) is 0 Å². The lowest BCUT2D eigenvalue weighted by Crippen LogP contribution is -2.36. The minimum absolute atomic E-state index is 0.00153. The first-order valence-electron chi connectivity index (χ1n) is 13.1. The predicted molar refractivity (Wildman–Crippen MR) is 147 cm³/mol. The van der Waals surface area contributed by atoms with E-state index >= 15 is 0 Å². The maximum Gasteiger partial charge on any atom is 0.200 e. The number of aliphatic hydroxyl groups is 2. The molecule has 0 saturated heterocycles. The van der Waals surface area contributed by atoms with E-state index in [9.17, 15) is 61.3 Å². The fourth-order valence-electron chi connectivity index (χ4n) is 5.85. The van der Waals surface area contributed by atoms with Crippen molar-refractivity contribution in [3.8, 4) is 69.0 Å². The third-order valence-corrected chi connectivity index (χ3v) is 7.86. The van der Waals surface area contributed by atoms with Crippen molar-refractivity contribution in [2.45, 2.75) is 36.8 Å². The van der Waals surface area contributed by atoms with Crippen LogP contribution in [0.15, 0.2) is 42.5 Å². The van der Waals surface area contributed by atoms with Crippen molar-refractivity contribution in [3.63, 3.8) is 0 Å². The Balaban J connectivity index is 1.56. The second kappa shape index (κ2) is 10.00. The molecule has 14 heteroatoms. The Labute approximate surface area is 247 Å². The Morgan fingerprint density at radius 1 is 0.523 bits per heavy atom. The molecule has 6 rings (SSSR count). The van der Waals surface area contributed by atoms with E-state index in [0.717, 1.165) is 42.5 Å². The summed E-state index contributed by atoms with van der Waals surface area (Å²) in [6.45, 7) is 0. The Morgan fingerprint density at radius 2 is 1.05 bits per heavy atom. The third-order valence-electron chi connectivity index (χ3n) is 7.86. The molecule has 2 heterocycles. The van der Waals surface area contributed by atoms with Crippen LogP contribution in [-0.4, -0.2) is 73.5 Å². The summed E-state index contributed by atoms with van der Waals surface area (Å²) in [5, 5.41) is 126. The van der Waals surface area contributed by atoms with Gasteiger partial charge in [0.2, 0.25) is 0 Å². The number of phenols is 10. The van der Waals surface area contributed by atoms with Gasteiger partial charge in [-0.3, -0.25) is 0 Å². The van der Waals surface area contributed by atoms with E-state index < -0.39 is 87.8 Å². The number of rotatable bonds is 3. The molecule has 0 aromatic heterocycles. The van der Waals surface area contributed by atoms with Gasteiger partial charge < -0.3 is 70.8 Å². The van der Waals surface area contributed by atoms with Gasteiger partial charge >= 0.3 is 0 Å². The number of ether oxygens (including phenoxy) is 2. The van der Waals surface area contributed by atoms with Crippen LogP contribution in [0.2, 0.25) is 0 Å². The maximum atomic E-state index is 11.8. The molecule has 2 aliphatic heterocycles. The molecular formula is C30H26O14. The van der Waals surface area contributed by atoms with Crippen molar-refractivity contribution in [3.05, 3.63) is 70.3 Å². The van der Waals surface area contributed by atoms with Gasteiger partial charge in [-0.1, -0.05) is 0 Å². The topological polar surface area (TPSA) is 261 Å². The quantitative estimate of drug-likeness (QED) is 0.149. The third kappa shape index (κ3) is 4.35. The largest absolute Gasteiger partial charge is 0.508 e. The zero-order chi connectivity index (χ0) is 31.8. The van der Waals surface area contributed by atoms with E-state index in [2.05, 4.69) is 0 Å². The molecule has 0 spiro atoms. The van der Waals surface area contributed by atoms with E-state index in [0.29, 0.717) is 0 Å². The van der Waals surface area contributed by atoms with Crippen molar-refractivity contribution >= 4 is 0 Å². The lowest BCUT2D eigenvalue weighted by atomic mass is 9.77. The van der Waals surface area contributed by atoms with Crippen LogP contribution in [0, 0.1) is 0 Å². The van der Waals surface area contributed by atoms with Crippen LogP contribution in [0.1, 0.15) is 45.9 Å². The molecule has 12 N–H and O–H groups in total. The van der Waals surface area contributed by atoms with Gasteiger partial charge in [0.05, 0.1) is 12.0 Å². The summed E-state index contributed by atoms with van der Waals surface area (Å²) < 4.78 is 12.0. The number of hydrogen-bond donors (Lipinski definition) is 12. The number of benzene rings is 4. The lowest BCUT2D eigenvalue weighted by molar-refractivity contribution is 0.00106. The number of aromatic hydroxyl groups is 10. The van der Waals surface area contributed by atoms with E-state index in [-0.39, 0.29) is 45.7 Å². The van der Waals surface area contributed by atoms with Crippen molar-refractivity contribution in [2.24, 2.45) is 0 Å². The van der Waals surface area contributed by atoms with Crippen molar-refractivity contribution in [2.75, 3.05) is 0 Å². The molecule has 5 atom stereocenters. The van der Waals surface area contributed by atoms with Gasteiger partial charge in [0, 0.05) is 52.4 Å². The van der Waals surface area contributed by atoms with Crippen molar-refractivity contribution in [1.82, 2.24) is 0 Å². The summed E-state index contributed by atoms with van der Waals surface area (Å²) in [6, 6.07) is 7.08. The van der Waals surface area contributed by atoms with Gasteiger partial charge in [-0.25, -0.2) is 0 Å². The average molecular weight is 611 g/mol. The van der Waals surface area contributed by atoms with Gasteiger partial charge in [0.25, 0.3) is 0 Å². The highest BCUT2D eigenvalue weighted by molar-refractivity contribution is 5.66. The highest BCUT2D eigenvalue weighted by atomic mass is 16.5. The normalized spacial score (nSPS) is 22.4. The zero-order valence-corrected chi connectivity index (χ0v) is 22.3. The molecule has 4 aromatic rings. The van der Waals surface area contributed by atoms with Crippen molar-refractivity contribution in [1.29, 1.82) is 0 Å². The maximum absolute atomic E-state index is 11.8. The van der Waals surface area contributed by atoms with Crippen LogP contribution >= 0.6 is 0 Å². The summed E-state index contributed by atoms with van der Waals surface area (Å²) in [7, 11) is 0. The molecule has 0 radical (unpaired) electrons. The summed E-state index contributed by atoms with van der Waals surface area (Å²) in [4.78, 5) is 0. The summed E-state index contributed by atoms with van der Waals surface area (Å²) >= 11 is 0. The standard InChI is InChI=1S/C30H26O14/c31-11-5-14(33)22-21(6-11)43-29(10-3-18(37)26(41)19(38)4-10)27(42)24(22)23-15(34)8-13(32)12-7-20(39)28(44-30(12)23)9-1-16(35)25(40)17(36)2-9/h1-6,8,20,24,27-29,31-42H,7H2/t20-,24-,27+,28-,29-/m1/s1. The second-order valence-corrected chi connectivity index (χ2v) is 10.6. The first-order chi connectivity index (χ1) is 20.8. The molecule has 230 valence electrons. The fraction of sp³-hybridized carbons (Fsp3) is 0.200. The van der Waals surface area contributed by atoms with Crippen LogP contribution in [0.5, 0.6) is 69.0 Å². The predicted octanol–water partition coefficient (Wildman–Crippen LogP) is 2.41. The van der Waals surface area contributed by atoms with Crippen molar-refractivity contribution < 1.29 is 70.8 Å². The molecule has 44 heavy (non-hydrogen) atoms. The first kappa shape index (κ1) is 28.5. The van der Waals surface area contributed by atoms with Gasteiger partial charge in [0.1, 0.15) is 40.6 Å². The number of hydrogen-bond acceptors (Lipinski definition) is 14. The van der Waals surface area contributed by atoms with Crippen LogP contribution in [0.3, 0.4) is 0 Å². The number of phenolic OH excluding ortho intramolecular Hbond substituents is 10. The number of fused-ring (bicyclic) bond motifs is 2. The Hall–Kier alpha value is -5.60. The molecule has 0 saturated carbocycles. The molecule has 2 aliphatic rings. The summed E-state index contributed by atoms with van der Waals surface area (Å²) in [6.07, 6.45) is -6.26. The molecule has 0 bridgehead atoms. The molecule has 0 fully saturated rings. The van der Waals surface area contributed by atoms with E-state index in [1.54, 1.807) is 0 Å². The molecule has 14 nitrogen and oxygen atoms in total. The number of aliphatic hydroxyl groups excluding tert-OH is 2. The van der Waals surface area contributed by atoms with Gasteiger partial charge in [-0.05, 0) is 24.3 Å². The van der Waals surface area contributed by atoms with Crippen LogP contribution in [0.4, 0.5) is 0 Å². The Morgan fingerprint density at radius 3 is 1.61 bits per heavy atom. The first-order valence-corrected chi connectivity index (χ1v) is 13.1. The molecule has 4 aromatic carbocycles. The highest BCUT2D eigenvalue weighted by Crippen LogP contribution is 2.57.